The Morgan fingerprint density at radius 2 is 1.94 bits per heavy atom. The summed E-state index contributed by atoms with van der Waals surface area (Å²) in [4.78, 5) is 14.9. The quantitative estimate of drug-likeness (QED) is 0.902. The smallest absolute Gasteiger partial charge is 0.335 e. The van der Waals surface area contributed by atoms with Crippen LogP contribution in [0.5, 0.6) is 0 Å². The summed E-state index contributed by atoms with van der Waals surface area (Å²) in [6.07, 6.45) is 1.60. The average Bonchev–Trinajstić information content (AvgIpc) is 2.30. The third-order valence-corrected chi connectivity index (χ3v) is 2.85. The zero-order valence-corrected chi connectivity index (χ0v) is 10.0. The zero-order chi connectivity index (χ0) is 12.4. The molecule has 0 bridgehead atoms. The predicted octanol–water partition coefficient (Wildman–Crippen LogP) is 3.75. The summed E-state index contributed by atoms with van der Waals surface area (Å²) >= 11 is 12.0. The van der Waals surface area contributed by atoms with Gasteiger partial charge in [0.25, 0.3) is 0 Å². The SMILES string of the molecule is O=C(O)c1ccc(-c2ncccc2Cl)c(Cl)c1. The van der Waals surface area contributed by atoms with Crippen LogP contribution in [0.1, 0.15) is 10.4 Å². The lowest BCUT2D eigenvalue weighted by molar-refractivity contribution is 0.0697. The second kappa shape index (κ2) is 4.73. The molecule has 0 spiro atoms. The minimum absolute atomic E-state index is 0.130. The van der Waals surface area contributed by atoms with Gasteiger partial charge >= 0.3 is 5.97 Å². The lowest BCUT2D eigenvalue weighted by Gasteiger charge is -2.06. The molecule has 1 aromatic heterocycles. The fourth-order valence-electron chi connectivity index (χ4n) is 1.42. The Labute approximate surface area is 108 Å². The highest BCUT2D eigenvalue weighted by Crippen LogP contribution is 2.31. The summed E-state index contributed by atoms with van der Waals surface area (Å²) in [5.41, 5.74) is 1.28. The molecule has 5 heteroatoms. The molecule has 1 heterocycles. The van der Waals surface area contributed by atoms with Crippen LogP contribution in [0.3, 0.4) is 0 Å². The summed E-state index contributed by atoms with van der Waals surface area (Å²) in [7, 11) is 0. The van der Waals surface area contributed by atoms with Gasteiger partial charge in [-0.3, -0.25) is 4.98 Å². The van der Waals surface area contributed by atoms with Crippen molar-refractivity contribution < 1.29 is 9.90 Å². The first-order valence-electron chi connectivity index (χ1n) is 4.73. The van der Waals surface area contributed by atoms with Crippen LogP contribution in [0.2, 0.25) is 10.0 Å². The van der Waals surface area contributed by atoms with Crippen molar-refractivity contribution in [1.29, 1.82) is 0 Å². The zero-order valence-electron chi connectivity index (χ0n) is 8.52. The van der Waals surface area contributed by atoms with Crippen molar-refractivity contribution in [3.8, 4) is 11.3 Å². The topological polar surface area (TPSA) is 50.2 Å². The molecular weight excluding hydrogens is 261 g/mol. The van der Waals surface area contributed by atoms with E-state index < -0.39 is 5.97 Å². The van der Waals surface area contributed by atoms with Gasteiger partial charge in [-0.1, -0.05) is 29.3 Å². The highest BCUT2D eigenvalue weighted by atomic mass is 35.5. The molecule has 0 radical (unpaired) electrons. The Balaban J connectivity index is 2.55. The second-order valence-electron chi connectivity index (χ2n) is 3.33. The number of carboxylic acids is 1. The van der Waals surface area contributed by atoms with Gasteiger partial charge in [-0.2, -0.15) is 0 Å². The number of aromatic carboxylic acids is 1. The van der Waals surface area contributed by atoms with Crippen LogP contribution in [0, 0.1) is 0 Å². The number of rotatable bonds is 2. The predicted molar refractivity (Wildman–Crippen MR) is 66.7 cm³/mol. The van der Waals surface area contributed by atoms with E-state index in [1.807, 2.05) is 0 Å². The Bertz CT molecular complexity index is 584. The van der Waals surface area contributed by atoms with Crippen LogP contribution in [0.15, 0.2) is 36.5 Å². The summed E-state index contributed by atoms with van der Waals surface area (Å²) in [6.45, 7) is 0. The van der Waals surface area contributed by atoms with E-state index in [2.05, 4.69) is 4.98 Å². The van der Waals surface area contributed by atoms with E-state index in [0.29, 0.717) is 21.3 Å². The van der Waals surface area contributed by atoms with Gasteiger partial charge in [0, 0.05) is 11.8 Å². The van der Waals surface area contributed by atoms with Gasteiger partial charge in [0.15, 0.2) is 0 Å². The Hall–Kier alpha value is -1.58. The van der Waals surface area contributed by atoms with Crippen LogP contribution in [0.4, 0.5) is 0 Å². The van der Waals surface area contributed by atoms with Gasteiger partial charge in [0.1, 0.15) is 0 Å². The Kier molecular flexibility index (Phi) is 3.31. The van der Waals surface area contributed by atoms with E-state index in [9.17, 15) is 4.79 Å². The van der Waals surface area contributed by atoms with Crippen molar-refractivity contribution in [2.24, 2.45) is 0 Å². The van der Waals surface area contributed by atoms with Gasteiger partial charge in [-0.15, -0.1) is 0 Å². The lowest BCUT2D eigenvalue weighted by atomic mass is 10.1. The fraction of sp³-hybridized carbons (Fsp3) is 0. The van der Waals surface area contributed by atoms with E-state index in [1.54, 1.807) is 24.4 Å². The fourth-order valence-corrected chi connectivity index (χ4v) is 1.92. The van der Waals surface area contributed by atoms with E-state index in [-0.39, 0.29) is 5.56 Å². The maximum absolute atomic E-state index is 10.8. The van der Waals surface area contributed by atoms with Crippen molar-refractivity contribution in [1.82, 2.24) is 4.98 Å². The number of hydrogen-bond donors (Lipinski definition) is 1. The molecule has 86 valence electrons. The first-order chi connectivity index (χ1) is 8.09. The van der Waals surface area contributed by atoms with Crippen LogP contribution in [0.25, 0.3) is 11.3 Å². The van der Waals surface area contributed by atoms with Crippen molar-refractivity contribution in [3.63, 3.8) is 0 Å². The molecule has 2 rings (SSSR count). The molecule has 17 heavy (non-hydrogen) atoms. The molecule has 2 aromatic rings. The van der Waals surface area contributed by atoms with Crippen LogP contribution >= 0.6 is 23.2 Å². The number of carboxylic acid groups (broad SMARTS) is 1. The molecule has 0 amide bonds. The minimum atomic E-state index is -1.02. The number of pyridine rings is 1. The molecule has 0 atom stereocenters. The van der Waals surface area contributed by atoms with Gasteiger partial charge in [-0.05, 0) is 24.3 Å². The maximum atomic E-state index is 10.8. The molecular formula is C12H7Cl2NO2. The molecule has 1 N–H and O–H groups in total. The standard InChI is InChI=1S/C12H7Cl2NO2/c13-9-2-1-5-15-11(9)8-4-3-7(12(16)17)6-10(8)14/h1-6H,(H,16,17). The third kappa shape index (κ3) is 2.40. The number of benzene rings is 1. The summed E-state index contributed by atoms with van der Waals surface area (Å²) in [5.74, 6) is -1.02. The van der Waals surface area contributed by atoms with E-state index >= 15 is 0 Å². The monoisotopic (exact) mass is 267 g/mol. The van der Waals surface area contributed by atoms with Crippen LogP contribution in [-0.2, 0) is 0 Å². The molecule has 0 fully saturated rings. The normalized spacial score (nSPS) is 10.2. The molecule has 3 nitrogen and oxygen atoms in total. The van der Waals surface area contributed by atoms with Crippen LogP contribution < -0.4 is 0 Å². The van der Waals surface area contributed by atoms with Gasteiger partial charge < -0.3 is 5.11 Å². The van der Waals surface area contributed by atoms with E-state index in [0.717, 1.165) is 0 Å². The number of hydrogen-bond acceptors (Lipinski definition) is 2. The minimum Gasteiger partial charge on any atom is -0.478 e. The highest BCUT2D eigenvalue weighted by Gasteiger charge is 2.11. The number of aromatic nitrogens is 1. The molecule has 0 aliphatic heterocycles. The Morgan fingerprint density at radius 1 is 1.18 bits per heavy atom. The highest BCUT2D eigenvalue weighted by molar-refractivity contribution is 6.36. The van der Waals surface area contributed by atoms with Crippen molar-refractivity contribution in [2.75, 3.05) is 0 Å². The van der Waals surface area contributed by atoms with Crippen molar-refractivity contribution in [2.45, 2.75) is 0 Å². The van der Waals surface area contributed by atoms with E-state index in [1.165, 1.54) is 12.1 Å². The molecule has 1 aromatic carbocycles. The summed E-state index contributed by atoms with van der Waals surface area (Å²) in [5, 5.41) is 9.61. The largest absolute Gasteiger partial charge is 0.478 e. The Morgan fingerprint density at radius 3 is 2.53 bits per heavy atom. The molecule has 0 aliphatic carbocycles. The lowest BCUT2D eigenvalue weighted by Crippen LogP contribution is -1.96. The first kappa shape index (κ1) is 11.9. The average molecular weight is 268 g/mol. The molecule has 0 saturated carbocycles. The summed E-state index contributed by atoms with van der Waals surface area (Å²) in [6, 6.07) is 7.86. The van der Waals surface area contributed by atoms with Gasteiger partial charge in [0.05, 0.1) is 21.3 Å². The van der Waals surface area contributed by atoms with E-state index in [4.69, 9.17) is 28.3 Å². The number of nitrogens with zero attached hydrogens (tertiary/aromatic N) is 1. The summed E-state index contributed by atoms with van der Waals surface area (Å²) < 4.78 is 0. The first-order valence-corrected chi connectivity index (χ1v) is 5.49. The van der Waals surface area contributed by atoms with Gasteiger partial charge in [-0.25, -0.2) is 4.79 Å². The van der Waals surface area contributed by atoms with Crippen molar-refractivity contribution >= 4 is 29.2 Å². The second-order valence-corrected chi connectivity index (χ2v) is 4.15. The third-order valence-electron chi connectivity index (χ3n) is 2.23. The van der Waals surface area contributed by atoms with Crippen molar-refractivity contribution in [3.05, 3.63) is 52.1 Å². The maximum Gasteiger partial charge on any atom is 0.335 e. The van der Waals surface area contributed by atoms with Gasteiger partial charge in [0.2, 0.25) is 0 Å². The van der Waals surface area contributed by atoms with Crippen LogP contribution in [-0.4, -0.2) is 16.1 Å². The molecule has 0 saturated heterocycles. The molecule has 0 aliphatic rings. The number of carbonyl (C=O) groups is 1. The number of halogens is 2. The molecule has 0 unspecified atom stereocenters.